The molecular formula is C20H14FN3O2. The second kappa shape index (κ2) is 7.90. The molecule has 1 heterocycles. The third kappa shape index (κ3) is 4.22. The Morgan fingerprint density at radius 3 is 2.85 bits per heavy atom. The van der Waals surface area contributed by atoms with Crippen molar-refractivity contribution in [3.63, 3.8) is 0 Å². The lowest BCUT2D eigenvalue weighted by Crippen LogP contribution is -2.13. The molecule has 1 amide bonds. The molecule has 0 saturated heterocycles. The molecule has 0 radical (unpaired) electrons. The van der Waals surface area contributed by atoms with Crippen molar-refractivity contribution in [3.05, 3.63) is 89.5 Å². The minimum absolute atomic E-state index is 0.0837. The maximum atomic E-state index is 13.6. The summed E-state index contributed by atoms with van der Waals surface area (Å²) in [6.45, 7) is 0.284. The summed E-state index contributed by atoms with van der Waals surface area (Å²) in [4.78, 5) is 15.8. The number of pyridine rings is 1. The molecule has 6 heteroatoms. The first-order valence-corrected chi connectivity index (χ1v) is 7.78. The van der Waals surface area contributed by atoms with Crippen molar-refractivity contribution in [2.24, 2.45) is 0 Å². The molecule has 26 heavy (non-hydrogen) atoms. The lowest BCUT2D eigenvalue weighted by atomic mass is 10.1. The first-order chi connectivity index (χ1) is 12.7. The van der Waals surface area contributed by atoms with E-state index >= 15 is 0 Å². The van der Waals surface area contributed by atoms with Gasteiger partial charge < -0.3 is 10.1 Å². The fraction of sp³-hybridized carbons (Fsp3) is 0.0500. The summed E-state index contributed by atoms with van der Waals surface area (Å²) in [6.07, 6.45) is 2.34. The Morgan fingerprint density at radius 1 is 1.19 bits per heavy atom. The lowest BCUT2D eigenvalue weighted by Gasteiger charge is -2.10. The number of hydrogen-bond donors (Lipinski definition) is 1. The zero-order chi connectivity index (χ0) is 18.4. The van der Waals surface area contributed by atoms with Gasteiger partial charge in [0.25, 0.3) is 5.91 Å². The Labute approximate surface area is 149 Å². The number of carbonyl (C=O) groups excluding carboxylic acids is 1. The average molecular weight is 347 g/mol. The molecule has 1 N–H and O–H groups in total. The minimum Gasteiger partial charge on any atom is -0.489 e. The zero-order valence-corrected chi connectivity index (χ0v) is 13.6. The van der Waals surface area contributed by atoms with E-state index in [4.69, 9.17) is 10.00 Å². The third-order valence-electron chi connectivity index (χ3n) is 3.57. The predicted octanol–water partition coefficient (Wildman–Crippen LogP) is 3.92. The molecule has 0 saturated carbocycles. The van der Waals surface area contributed by atoms with Gasteiger partial charge in [0.05, 0.1) is 23.4 Å². The second-order valence-electron chi connectivity index (χ2n) is 5.44. The van der Waals surface area contributed by atoms with Crippen molar-refractivity contribution in [1.29, 1.82) is 5.26 Å². The van der Waals surface area contributed by atoms with Crippen molar-refractivity contribution >= 4 is 11.6 Å². The van der Waals surface area contributed by atoms with E-state index in [9.17, 15) is 9.18 Å². The van der Waals surface area contributed by atoms with Gasteiger partial charge in [0, 0.05) is 18.0 Å². The first kappa shape index (κ1) is 17.1. The molecular weight excluding hydrogens is 333 g/mol. The average Bonchev–Trinajstić information content (AvgIpc) is 2.67. The van der Waals surface area contributed by atoms with E-state index in [2.05, 4.69) is 16.4 Å². The number of nitrogens with one attached hydrogen (secondary N) is 1. The number of halogens is 1. The van der Waals surface area contributed by atoms with Crippen LogP contribution >= 0.6 is 0 Å². The number of carbonyl (C=O) groups is 1. The smallest absolute Gasteiger partial charge is 0.258 e. The Hall–Kier alpha value is -3.72. The van der Waals surface area contributed by atoms with E-state index in [0.717, 1.165) is 11.8 Å². The Morgan fingerprint density at radius 2 is 2.04 bits per heavy atom. The van der Waals surface area contributed by atoms with Gasteiger partial charge in [-0.3, -0.25) is 9.78 Å². The number of rotatable bonds is 5. The van der Waals surface area contributed by atoms with Gasteiger partial charge in [0.1, 0.15) is 12.4 Å². The maximum absolute atomic E-state index is 13.6. The Balaban J connectivity index is 1.67. The molecule has 2 aromatic carbocycles. The van der Waals surface area contributed by atoms with Crippen molar-refractivity contribution < 1.29 is 13.9 Å². The summed E-state index contributed by atoms with van der Waals surface area (Å²) < 4.78 is 19.3. The van der Waals surface area contributed by atoms with Crippen LogP contribution in [0.25, 0.3) is 0 Å². The van der Waals surface area contributed by atoms with E-state index in [1.165, 1.54) is 12.3 Å². The number of aromatic nitrogens is 1. The first-order valence-electron chi connectivity index (χ1n) is 7.78. The van der Waals surface area contributed by atoms with Gasteiger partial charge >= 0.3 is 0 Å². The highest BCUT2D eigenvalue weighted by molar-refractivity contribution is 6.04. The van der Waals surface area contributed by atoms with Crippen LogP contribution in [0, 0.1) is 17.1 Å². The molecule has 0 spiro atoms. The summed E-state index contributed by atoms with van der Waals surface area (Å²) in [5, 5.41) is 11.5. The molecule has 3 rings (SSSR count). The summed E-state index contributed by atoms with van der Waals surface area (Å²) >= 11 is 0. The minimum atomic E-state index is -0.685. The van der Waals surface area contributed by atoms with Gasteiger partial charge in [-0.15, -0.1) is 0 Å². The number of nitriles is 1. The predicted molar refractivity (Wildman–Crippen MR) is 94.1 cm³/mol. The van der Waals surface area contributed by atoms with Crippen molar-refractivity contribution in [1.82, 2.24) is 4.98 Å². The van der Waals surface area contributed by atoms with Gasteiger partial charge in [-0.25, -0.2) is 4.39 Å². The van der Waals surface area contributed by atoms with Crippen LogP contribution in [0.3, 0.4) is 0 Å². The molecule has 0 unspecified atom stereocenters. The Bertz CT molecular complexity index is 983. The van der Waals surface area contributed by atoms with Gasteiger partial charge in [0.2, 0.25) is 0 Å². The molecule has 0 aliphatic carbocycles. The van der Waals surface area contributed by atoms with Crippen molar-refractivity contribution in [3.8, 4) is 11.8 Å². The summed E-state index contributed by atoms with van der Waals surface area (Å²) in [5.41, 5.74) is 1.82. The Kier molecular flexibility index (Phi) is 5.20. The fourth-order valence-corrected chi connectivity index (χ4v) is 2.32. The number of benzene rings is 2. The summed E-state index contributed by atoms with van der Waals surface area (Å²) in [5.74, 6) is -0.709. The van der Waals surface area contributed by atoms with Crippen LogP contribution in [-0.2, 0) is 6.61 Å². The maximum Gasteiger partial charge on any atom is 0.258 e. The molecule has 0 aliphatic heterocycles. The number of amides is 1. The van der Waals surface area contributed by atoms with E-state index in [1.54, 1.807) is 42.5 Å². The standard InChI is InChI=1S/C20H14FN3O2/c21-19-12-23-8-7-18(19)20(25)24-16-5-2-6-17(10-16)26-13-15-4-1-3-14(9-15)11-22/h1-10,12H,13H2,(H,24,25). The molecule has 3 aromatic rings. The number of hydrogen-bond acceptors (Lipinski definition) is 4. The van der Waals surface area contributed by atoms with Crippen LogP contribution in [0.5, 0.6) is 5.75 Å². The number of anilines is 1. The van der Waals surface area contributed by atoms with Gasteiger partial charge in [-0.2, -0.15) is 5.26 Å². The van der Waals surface area contributed by atoms with E-state index in [1.807, 2.05) is 6.07 Å². The monoisotopic (exact) mass is 347 g/mol. The topological polar surface area (TPSA) is 75.0 Å². The molecule has 128 valence electrons. The van der Waals surface area contributed by atoms with Crippen LogP contribution in [0.4, 0.5) is 10.1 Å². The van der Waals surface area contributed by atoms with Crippen LogP contribution in [0.15, 0.2) is 67.0 Å². The highest BCUT2D eigenvalue weighted by Crippen LogP contribution is 2.20. The molecule has 5 nitrogen and oxygen atoms in total. The lowest BCUT2D eigenvalue weighted by molar-refractivity contribution is 0.102. The largest absolute Gasteiger partial charge is 0.489 e. The normalized spacial score (nSPS) is 10.0. The van der Waals surface area contributed by atoms with Gasteiger partial charge in [0.15, 0.2) is 5.82 Å². The van der Waals surface area contributed by atoms with Gasteiger partial charge in [-0.1, -0.05) is 18.2 Å². The van der Waals surface area contributed by atoms with Crippen LogP contribution in [0.1, 0.15) is 21.5 Å². The number of ether oxygens (including phenoxy) is 1. The fourth-order valence-electron chi connectivity index (χ4n) is 2.32. The van der Waals surface area contributed by atoms with Gasteiger partial charge in [-0.05, 0) is 35.9 Å². The molecule has 0 bridgehead atoms. The quantitative estimate of drug-likeness (QED) is 0.759. The molecule has 0 atom stereocenters. The van der Waals surface area contributed by atoms with Crippen molar-refractivity contribution in [2.75, 3.05) is 5.32 Å². The van der Waals surface area contributed by atoms with E-state index in [-0.39, 0.29) is 12.2 Å². The van der Waals surface area contributed by atoms with E-state index in [0.29, 0.717) is 17.0 Å². The molecule has 0 fully saturated rings. The highest BCUT2D eigenvalue weighted by atomic mass is 19.1. The van der Waals surface area contributed by atoms with E-state index < -0.39 is 11.7 Å². The third-order valence-corrected chi connectivity index (χ3v) is 3.57. The van der Waals surface area contributed by atoms with Crippen LogP contribution in [0.2, 0.25) is 0 Å². The summed E-state index contributed by atoms with van der Waals surface area (Å²) in [7, 11) is 0. The van der Waals surface area contributed by atoms with Crippen LogP contribution in [-0.4, -0.2) is 10.9 Å². The molecule has 0 aliphatic rings. The van der Waals surface area contributed by atoms with Crippen LogP contribution < -0.4 is 10.1 Å². The van der Waals surface area contributed by atoms with Crippen molar-refractivity contribution in [2.45, 2.75) is 6.61 Å². The highest BCUT2D eigenvalue weighted by Gasteiger charge is 2.11. The number of nitrogens with zero attached hydrogens (tertiary/aromatic N) is 2. The SMILES string of the molecule is N#Cc1cccc(COc2cccc(NC(=O)c3ccncc3F)c2)c1. The summed E-state index contributed by atoms with van der Waals surface area (Å²) in [6, 6.07) is 17.3. The molecule has 1 aromatic heterocycles. The zero-order valence-electron chi connectivity index (χ0n) is 13.6. The second-order valence-corrected chi connectivity index (χ2v) is 5.44.